The van der Waals surface area contributed by atoms with Crippen molar-refractivity contribution in [2.75, 3.05) is 11.9 Å². The van der Waals surface area contributed by atoms with Crippen LogP contribution in [0.5, 0.6) is 0 Å². The molecule has 0 spiro atoms. The molecule has 3 unspecified atom stereocenters. The van der Waals surface area contributed by atoms with Crippen LogP contribution in [0.25, 0.3) is 0 Å². The molecule has 0 bridgehead atoms. The van der Waals surface area contributed by atoms with Gasteiger partial charge in [0.25, 0.3) is 6.23 Å². The van der Waals surface area contributed by atoms with Crippen LogP contribution in [0.1, 0.15) is 22.9 Å². The summed E-state index contributed by atoms with van der Waals surface area (Å²) in [6.07, 6.45) is -1.66. The molecule has 0 fully saturated rings. The number of aryl methyl sites for hydroxylation is 2. The van der Waals surface area contributed by atoms with Crippen LogP contribution in [-0.4, -0.2) is 34.1 Å². The Bertz CT molecular complexity index is 713. The molecule has 1 aliphatic rings. The predicted molar refractivity (Wildman–Crippen MR) is 80.0 cm³/mol. The van der Waals surface area contributed by atoms with E-state index in [9.17, 15) is 15.1 Å². The highest BCUT2D eigenvalue weighted by Gasteiger charge is 2.42. The number of hydroxylamine groups is 2. The monoisotopic (exact) mass is 302 g/mol. The van der Waals surface area contributed by atoms with E-state index < -0.39 is 23.2 Å². The second-order valence-electron chi connectivity index (χ2n) is 5.49. The van der Waals surface area contributed by atoms with Crippen LogP contribution < -0.4 is 9.96 Å². The summed E-state index contributed by atoms with van der Waals surface area (Å²) in [7, 11) is 3.27. The number of carbonyl (C=O) groups is 1. The van der Waals surface area contributed by atoms with E-state index in [0.29, 0.717) is 17.1 Å². The van der Waals surface area contributed by atoms with Crippen molar-refractivity contribution in [1.29, 1.82) is 0 Å². The van der Waals surface area contributed by atoms with Gasteiger partial charge in [0.2, 0.25) is 0 Å². The molecule has 3 atom stereocenters. The third-order valence-corrected chi connectivity index (χ3v) is 4.10. The highest BCUT2D eigenvalue weighted by atomic mass is 16.5. The topological polar surface area (TPSA) is 85.9 Å². The predicted octanol–water partition coefficient (Wildman–Crippen LogP) is -0.505. The average Bonchev–Trinajstić information content (AvgIpc) is 2.77. The van der Waals surface area contributed by atoms with Gasteiger partial charge in [-0.2, -0.15) is 5.10 Å². The van der Waals surface area contributed by atoms with Gasteiger partial charge >= 0.3 is 5.91 Å². The lowest BCUT2D eigenvalue weighted by Gasteiger charge is -2.32. The minimum atomic E-state index is -1.66. The number of nitrogens with zero attached hydrogens (tertiary/aromatic N) is 3. The Balaban J connectivity index is 2.28. The first-order valence-corrected chi connectivity index (χ1v) is 7.01. The highest BCUT2D eigenvalue weighted by Crippen LogP contribution is 2.33. The maximum absolute atomic E-state index is 12.7. The second-order valence-corrected chi connectivity index (χ2v) is 5.49. The normalized spacial score (nSPS) is 25.0. The Morgan fingerprint density at radius 3 is 2.55 bits per heavy atom. The molecular weight excluding hydrogens is 284 g/mol. The van der Waals surface area contributed by atoms with Crippen molar-refractivity contribution in [2.45, 2.75) is 19.2 Å². The number of hydrogen-bond donors (Lipinski definition) is 2. The molecule has 1 aromatic heterocycles. The molecule has 0 radical (unpaired) electrons. The lowest BCUT2D eigenvalue weighted by Crippen LogP contribution is -3.13. The number of benzene rings is 1. The Hall–Kier alpha value is -2.22. The van der Waals surface area contributed by atoms with Gasteiger partial charge in [0.05, 0.1) is 11.3 Å². The molecule has 1 aliphatic heterocycles. The van der Waals surface area contributed by atoms with Gasteiger partial charge in [-0.15, -0.1) is 0 Å². The Morgan fingerprint density at radius 2 is 1.91 bits per heavy atom. The molecule has 1 amide bonds. The van der Waals surface area contributed by atoms with Gasteiger partial charge in [-0.25, -0.2) is 0 Å². The van der Waals surface area contributed by atoms with E-state index in [4.69, 9.17) is 0 Å². The average molecular weight is 302 g/mol. The summed E-state index contributed by atoms with van der Waals surface area (Å²) >= 11 is 0. The van der Waals surface area contributed by atoms with Crippen LogP contribution >= 0.6 is 0 Å². The van der Waals surface area contributed by atoms with E-state index in [2.05, 4.69) is 5.10 Å². The molecule has 7 nitrogen and oxygen atoms in total. The summed E-state index contributed by atoms with van der Waals surface area (Å²) in [5, 5.41) is 26.6. The summed E-state index contributed by atoms with van der Waals surface area (Å²) in [4.78, 5) is 13.6. The number of carbonyl (C=O) groups excluding carboxylic acids is 1. The van der Waals surface area contributed by atoms with E-state index in [1.165, 1.54) is 4.90 Å². The van der Waals surface area contributed by atoms with E-state index >= 15 is 0 Å². The smallest absolute Gasteiger partial charge is 0.315 e. The molecule has 22 heavy (non-hydrogen) atoms. The van der Waals surface area contributed by atoms with E-state index in [1.807, 2.05) is 30.3 Å². The summed E-state index contributed by atoms with van der Waals surface area (Å²) in [5.74, 6) is -0.0889. The fourth-order valence-corrected chi connectivity index (χ4v) is 3.08. The number of hydrogen-bond acceptors (Lipinski definition) is 4. The number of aliphatic hydroxyl groups is 1. The standard InChI is InChI=1S/C15H18N4O3/c1-9-11-12(10-7-5-4-6-8-10)19(22)15(21)14(20)17(2)13(11)18(3)16-9/h4-8,12,15,19,21H,1-3H3. The number of nitrogens with one attached hydrogen (secondary N) is 1. The minimum Gasteiger partial charge on any atom is -0.631 e. The Labute approximate surface area is 128 Å². The molecule has 0 saturated heterocycles. The number of quaternary nitrogens is 1. The molecule has 2 aromatic rings. The quantitative estimate of drug-likeness (QED) is 0.695. The van der Waals surface area contributed by atoms with Crippen LogP contribution in [0.2, 0.25) is 0 Å². The Morgan fingerprint density at radius 1 is 1.27 bits per heavy atom. The first-order valence-electron chi connectivity index (χ1n) is 7.01. The van der Waals surface area contributed by atoms with Crippen LogP contribution in [0.4, 0.5) is 5.82 Å². The summed E-state index contributed by atoms with van der Waals surface area (Å²) in [5.41, 5.74) is 2.09. The summed E-state index contributed by atoms with van der Waals surface area (Å²) in [6, 6.07) is 8.46. The van der Waals surface area contributed by atoms with Gasteiger partial charge in [-0.05, 0) is 6.92 Å². The van der Waals surface area contributed by atoms with Crippen molar-refractivity contribution in [2.24, 2.45) is 7.05 Å². The van der Waals surface area contributed by atoms with E-state index in [0.717, 1.165) is 5.56 Å². The number of aliphatic hydroxyl groups excluding tert-OH is 1. The molecular formula is C15H18N4O3. The zero-order chi connectivity index (χ0) is 16.0. The van der Waals surface area contributed by atoms with Crippen molar-refractivity contribution in [3.05, 3.63) is 52.4 Å². The number of likely N-dealkylation sites (N-methyl/N-ethyl adjacent to an activating group) is 1. The highest BCUT2D eigenvalue weighted by molar-refractivity contribution is 5.95. The molecule has 2 heterocycles. The van der Waals surface area contributed by atoms with Crippen LogP contribution in [0.3, 0.4) is 0 Å². The second kappa shape index (κ2) is 5.20. The largest absolute Gasteiger partial charge is 0.631 e. The Kier molecular flexibility index (Phi) is 3.48. The van der Waals surface area contributed by atoms with Crippen molar-refractivity contribution >= 4 is 11.7 Å². The van der Waals surface area contributed by atoms with Gasteiger partial charge in [-0.1, -0.05) is 30.3 Å². The molecule has 1 aromatic carbocycles. The zero-order valence-electron chi connectivity index (χ0n) is 12.6. The maximum atomic E-state index is 12.7. The van der Waals surface area contributed by atoms with Crippen molar-refractivity contribution in [1.82, 2.24) is 9.78 Å². The fraction of sp³-hybridized carbons (Fsp3) is 0.333. The molecule has 3 rings (SSSR count). The fourth-order valence-electron chi connectivity index (χ4n) is 3.08. The first-order chi connectivity index (χ1) is 10.4. The third kappa shape index (κ3) is 2.02. The van der Waals surface area contributed by atoms with Gasteiger partial charge in [0.15, 0.2) is 0 Å². The van der Waals surface area contributed by atoms with Crippen molar-refractivity contribution in [3.8, 4) is 0 Å². The number of anilines is 1. The lowest BCUT2D eigenvalue weighted by molar-refractivity contribution is -0.913. The number of rotatable bonds is 1. The van der Waals surface area contributed by atoms with Gasteiger partial charge in [0.1, 0.15) is 11.9 Å². The van der Waals surface area contributed by atoms with Crippen LogP contribution in [-0.2, 0) is 11.8 Å². The molecule has 116 valence electrons. The number of aromatic nitrogens is 2. The summed E-state index contributed by atoms with van der Waals surface area (Å²) in [6.45, 7) is 1.80. The molecule has 0 aliphatic carbocycles. The van der Waals surface area contributed by atoms with Gasteiger partial charge in [0, 0.05) is 19.7 Å². The molecule has 2 N–H and O–H groups in total. The molecule has 0 saturated carbocycles. The first kappa shape index (κ1) is 14.7. The lowest BCUT2D eigenvalue weighted by atomic mass is 9.98. The SMILES string of the molecule is Cc1nn(C)c2c1C(c1ccccc1)[NH+]([O-])C(O)C(=O)N2C. The van der Waals surface area contributed by atoms with Crippen molar-refractivity contribution < 1.29 is 15.0 Å². The van der Waals surface area contributed by atoms with Crippen LogP contribution in [0, 0.1) is 12.1 Å². The van der Waals surface area contributed by atoms with Gasteiger partial charge in [-0.3, -0.25) is 14.4 Å². The molecule has 7 heteroatoms. The van der Waals surface area contributed by atoms with Crippen LogP contribution in [0.15, 0.2) is 30.3 Å². The number of fused-ring (bicyclic) bond motifs is 1. The third-order valence-electron chi connectivity index (χ3n) is 4.10. The van der Waals surface area contributed by atoms with Crippen molar-refractivity contribution in [3.63, 3.8) is 0 Å². The summed E-state index contributed by atoms with van der Waals surface area (Å²) < 4.78 is 1.57. The maximum Gasteiger partial charge on any atom is 0.315 e. The number of amides is 1. The van der Waals surface area contributed by atoms with E-state index in [-0.39, 0.29) is 0 Å². The van der Waals surface area contributed by atoms with E-state index in [1.54, 1.807) is 25.7 Å². The van der Waals surface area contributed by atoms with Gasteiger partial charge < -0.3 is 15.4 Å². The zero-order valence-corrected chi connectivity index (χ0v) is 12.6. The minimum absolute atomic E-state index is 0.516.